The number of hydrogen-bond donors (Lipinski definition) is 1. The molecule has 4 nitrogen and oxygen atoms in total. The first kappa shape index (κ1) is 13.6. The maximum absolute atomic E-state index is 6.31. The molecule has 0 amide bonds. The van der Waals surface area contributed by atoms with Crippen LogP contribution in [0.25, 0.3) is 11.3 Å². The molecule has 1 heterocycles. The Morgan fingerprint density at radius 1 is 1.21 bits per heavy atom. The third kappa shape index (κ3) is 2.24. The Kier molecular flexibility index (Phi) is 3.62. The molecule has 0 saturated heterocycles. The highest BCUT2D eigenvalue weighted by Gasteiger charge is 2.18. The van der Waals surface area contributed by atoms with Crippen molar-refractivity contribution in [3.8, 4) is 17.0 Å². The normalized spacial score (nSPS) is 10.6. The molecule has 0 aliphatic carbocycles. The predicted octanol–water partition coefficient (Wildman–Crippen LogP) is 3.31. The summed E-state index contributed by atoms with van der Waals surface area (Å²) in [5, 5.41) is 0.700. The van der Waals surface area contributed by atoms with Gasteiger partial charge in [-0.05, 0) is 38.0 Å². The maximum Gasteiger partial charge on any atom is 0.128 e. The number of methoxy groups -OCH3 is 1. The Balaban J connectivity index is 2.81. The van der Waals surface area contributed by atoms with Crippen LogP contribution in [0.15, 0.2) is 12.4 Å². The number of halogens is 1. The van der Waals surface area contributed by atoms with E-state index in [2.05, 4.69) is 9.97 Å². The van der Waals surface area contributed by atoms with Gasteiger partial charge in [-0.25, -0.2) is 9.97 Å². The van der Waals surface area contributed by atoms with E-state index in [1.54, 1.807) is 7.11 Å². The smallest absolute Gasteiger partial charge is 0.128 e. The van der Waals surface area contributed by atoms with Gasteiger partial charge in [-0.2, -0.15) is 0 Å². The lowest BCUT2D eigenvalue weighted by Crippen LogP contribution is -2.02. The van der Waals surface area contributed by atoms with Crippen LogP contribution in [0.5, 0.6) is 5.75 Å². The van der Waals surface area contributed by atoms with E-state index in [1.807, 2.05) is 26.8 Å². The highest BCUT2D eigenvalue weighted by Crippen LogP contribution is 2.40. The van der Waals surface area contributed by atoms with E-state index in [1.165, 1.54) is 6.33 Å². The second-order valence-corrected chi connectivity index (χ2v) is 4.81. The number of anilines is 1. The minimum Gasteiger partial charge on any atom is -0.496 e. The summed E-state index contributed by atoms with van der Waals surface area (Å²) in [6, 6.07) is 1.89. The summed E-state index contributed by atoms with van der Waals surface area (Å²) in [5.74, 6) is 0.712. The number of nitrogens with zero attached hydrogens (tertiary/aromatic N) is 2. The molecule has 2 N–H and O–H groups in total. The summed E-state index contributed by atoms with van der Waals surface area (Å²) < 4.78 is 5.44. The second kappa shape index (κ2) is 5.05. The van der Waals surface area contributed by atoms with Crippen molar-refractivity contribution in [2.75, 3.05) is 12.8 Å². The average Bonchev–Trinajstić information content (AvgIpc) is 2.39. The van der Waals surface area contributed by atoms with Crippen LogP contribution in [0.1, 0.15) is 16.8 Å². The van der Waals surface area contributed by atoms with Gasteiger partial charge in [-0.1, -0.05) is 11.6 Å². The van der Waals surface area contributed by atoms with Gasteiger partial charge in [0.1, 0.15) is 17.8 Å². The number of hydrogen-bond acceptors (Lipinski definition) is 4. The number of nitrogens with two attached hydrogens (primary N) is 1. The third-order valence-corrected chi connectivity index (χ3v) is 3.77. The molecule has 19 heavy (non-hydrogen) atoms. The Hall–Kier alpha value is -1.81. The molecule has 5 heteroatoms. The van der Waals surface area contributed by atoms with Crippen LogP contribution >= 0.6 is 11.6 Å². The second-order valence-electron chi connectivity index (χ2n) is 4.43. The zero-order valence-corrected chi connectivity index (χ0v) is 12.2. The Labute approximate surface area is 117 Å². The van der Waals surface area contributed by atoms with E-state index < -0.39 is 0 Å². The molecule has 1 aromatic carbocycles. The highest BCUT2D eigenvalue weighted by molar-refractivity contribution is 6.32. The zero-order valence-electron chi connectivity index (χ0n) is 11.4. The van der Waals surface area contributed by atoms with Crippen molar-refractivity contribution >= 4 is 17.3 Å². The van der Waals surface area contributed by atoms with Crippen LogP contribution < -0.4 is 10.5 Å². The van der Waals surface area contributed by atoms with E-state index in [9.17, 15) is 0 Å². The molecule has 1 aromatic heterocycles. The molecule has 0 spiro atoms. The molecule has 0 aliphatic heterocycles. The van der Waals surface area contributed by atoms with Gasteiger partial charge in [0.2, 0.25) is 0 Å². The number of ether oxygens (including phenoxy) is 1. The van der Waals surface area contributed by atoms with Gasteiger partial charge in [0.15, 0.2) is 0 Å². The lowest BCUT2D eigenvalue weighted by molar-refractivity contribution is 0.415. The molecule has 2 rings (SSSR count). The summed E-state index contributed by atoms with van der Waals surface area (Å²) >= 11 is 6.31. The fourth-order valence-electron chi connectivity index (χ4n) is 2.06. The fourth-order valence-corrected chi connectivity index (χ4v) is 2.21. The maximum atomic E-state index is 6.31. The Morgan fingerprint density at radius 2 is 1.89 bits per heavy atom. The van der Waals surface area contributed by atoms with Crippen molar-refractivity contribution in [2.45, 2.75) is 20.8 Å². The molecule has 100 valence electrons. The Bertz CT molecular complexity index is 641. The molecular formula is C14H16ClN3O. The largest absolute Gasteiger partial charge is 0.496 e. The average molecular weight is 278 g/mol. The molecule has 0 unspecified atom stereocenters. The highest BCUT2D eigenvalue weighted by atomic mass is 35.5. The first-order chi connectivity index (χ1) is 8.97. The first-order valence-electron chi connectivity index (χ1n) is 5.88. The van der Waals surface area contributed by atoms with Crippen LogP contribution in [0, 0.1) is 20.8 Å². The fraction of sp³-hybridized carbons (Fsp3) is 0.286. The first-order valence-corrected chi connectivity index (χ1v) is 6.26. The van der Waals surface area contributed by atoms with Crippen molar-refractivity contribution < 1.29 is 4.74 Å². The van der Waals surface area contributed by atoms with Crippen LogP contribution in [0.3, 0.4) is 0 Å². The minimum atomic E-state index is 0.545. The van der Waals surface area contributed by atoms with E-state index in [0.717, 1.165) is 22.4 Å². The number of benzene rings is 1. The standard InChI is InChI=1S/C14H16ClN3O/c1-7-5-10(19-4)11(8(2)12(7)15)14-13(16)9(3)17-6-18-14/h5-6H,16H2,1-4H3. The molecule has 0 saturated carbocycles. The summed E-state index contributed by atoms with van der Waals surface area (Å²) in [7, 11) is 1.62. The molecule has 2 aromatic rings. The minimum absolute atomic E-state index is 0.545. The molecule has 0 atom stereocenters. The van der Waals surface area contributed by atoms with Gasteiger partial charge < -0.3 is 10.5 Å². The van der Waals surface area contributed by atoms with Gasteiger partial charge >= 0.3 is 0 Å². The number of rotatable bonds is 2. The van der Waals surface area contributed by atoms with Crippen LogP contribution in [0.2, 0.25) is 5.02 Å². The Morgan fingerprint density at radius 3 is 2.53 bits per heavy atom. The van der Waals surface area contributed by atoms with Gasteiger partial charge in [0.05, 0.1) is 18.5 Å². The SMILES string of the molecule is COc1cc(C)c(Cl)c(C)c1-c1ncnc(C)c1N. The van der Waals surface area contributed by atoms with Gasteiger partial charge in [-0.15, -0.1) is 0 Å². The topological polar surface area (TPSA) is 61.0 Å². The lowest BCUT2D eigenvalue weighted by atomic mass is 9.99. The molecular weight excluding hydrogens is 262 g/mol. The molecule has 0 bridgehead atoms. The number of nitrogen functional groups attached to an aromatic ring is 1. The summed E-state index contributed by atoms with van der Waals surface area (Å²) in [5.41, 5.74) is 10.7. The lowest BCUT2D eigenvalue weighted by Gasteiger charge is -2.16. The summed E-state index contributed by atoms with van der Waals surface area (Å²) in [6.45, 7) is 5.72. The van der Waals surface area contributed by atoms with E-state index >= 15 is 0 Å². The molecule has 0 fully saturated rings. The zero-order chi connectivity index (χ0) is 14.2. The van der Waals surface area contributed by atoms with Crippen molar-refractivity contribution in [1.29, 1.82) is 0 Å². The van der Waals surface area contributed by atoms with E-state index in [0.29, 0.717) is 22.2 Å². The quantitative estimate of drug-likeness (QED) is 0.915. The summed E-state index contributed by atoms with van der Waals surface area (Å²) in [4.78, 5) is 8.35. The molecule has 0 aliphatic rings. The van der Waals surface area contributed by atoms with Crippen LogP contribution in [-0.4, -0.2) is 17.1 Å². The van der Waals surface area contributed by atoms with Gasteiger partial charge in [-0.3, -0.25) is 0 Å². The predicted molar refractivity (Wildman–Crippen MR) is 77.7 cm³/mol. The summed E-state index contributed by atoms with van der Waals surface area (Å²) in [6.07, 6.45) is 1.49. The third-order valence-electron chi connectivity index (χ3n) is 3.18. The van der Waals surface area contributed by atoms with Crippen molar-refractivity contribution in [3.05, 3.63) is 34.2 Å². The van der Waals surface area contributed by atoms with Crippen molar-refractivity contribution in [3.63, 3.8) is 0 Å². The van der Waals surface area contributed by atoms with E-state index in [4.69, 9.17) is 22.1 Å². The number of aromatic nitrogens is 2. The molecule has 0 radical (unpaired) electrons. The van der Waals surface area contributed by atoms with Gasteiger partial charge in [0, 0.05) is 10.6 Å². The van der Waals surface area contributed by atoms with Crippen molar-refractivity contribution in [1.82, 2.24) is 9.97 Å². The van der Waals surface area contributed by atoms with Crippen LogP contribution in [-0.2, 0) is 0 Å². The van der Waals surface area contributed by atoms with E-state index in [-0.39, 0.29) is 0 Å². The number of aryl methyl sites for hydroxylation is 2. The monoisotopic (exact) mass is 277 g/mol. The van der Waals surface area contributed by atoms with Gasteiger partial charge in [0.25, 0.3) is 0 Å². The van der Waals surface area contributed by atoms with Crippen LogP contribution in [0.4, 0.5) is 5.69 Å². The van der Waals surface area contributed by atoms with Crippen molar-refractivity contribution in [2.24, 2.45) is 0 Å².